The second-order valence-corrected chi connectivity index (χ2v) is 9.30. The maximum Gasteiger partial charge on any atom is 0.244 e. The molecule has 0 aliphatic rings. The number of sulfonamides is 1. The van der Waals surface area contributed by atoms with Gasteiger partial charge in [0.1, 0.15) is 12.6 Å². The molecule has 0 bridgehead atoms. The number of amides is 2. The molecule has 0 aliphatic carbocycles. The third-order valence-corrected chi connectivity index (χ3v) is 6.06. The lowest BCUT2D eigenvalue weighted by atomic mass is 10.1. The summed E-state index contributed by atoms with van der Waals surface area (Å²) < 4.78 is 25.9. The first-order valence-corrected chi connectivity index (χ1v) is 12.2. The molecule has 2 amide bonds. The van der Waals surface area contributed by atoms with Crippen LogP contribution >= 0.6 is 0 Å². The number of nitrogens with zero attached hydrogens (tertiary/aromatic N) is 2. The Morgan fingerprint density at radius 2 is 1.58 bits per heavy atom. The number of anilines is 1. The number of hydrogen-bond donors (Lipinski definition) is 1. The van der Waals surface area contributed by atoms with Crippen LogP contribution in [0.5, 0.6) is 0 Å². The van der Waals surface area contributed by atoms with E-state index in [9.17, 15) is 18.0 Å². The summed E-state index contributed by atoms with van der Waals surface area (Å²) in [5.41, 5.74) is 1.44. The van der Waals surface area contributed by atoms with Crippen LogP contribution in [0.4, 0.5) is 5.69 Å². The minimum atomic E-state index is -3.69. The molecule has 1 atom stereocenters. The summed E-state index contributed by atoms with van der Waals surface area (Å²) in [6.07, 6.45) is 2.41. The molecule has 168 valence electrons. The molecule has 0 spiro atoms. The van der Waals surface area contributed by atoms with E-state index in [2.05, 4.69) is 5.32 Å². The predicted octanol–water partition coefficient (Wildman–Crippen LogP) is 2.44. The van der Waals surface area contributed by atoms with Crippen LogP contribution in [0, 0.1) is 0 Å². The molecule has 0 saturated heterocycles. The fourth-order valence-corrected chi connectivity index (χ4v) is 4.02. The van der Waals surface area contributed by atoms with Crippen molar-refractivity contribution in [2.45, 2.75) is 32.7 Å². The molecule has 2 aromatic carbocycles. The Hall–Kier alpha value is -2.87. The molecule has 0 aliphatic heterocycles. The van der Waals surface area contributed by atoms with Crippen molar-refractivity contribution in [1.29, 1.82) is 0 Å². The monoisotopic (exact) mass is 445 g/mol. The topological polar surface area (TPSA) is 86.8 Å². The molecule has 0 fully saturated rings. The van der Waals surface area contributed by atoms with Gasteiger partial charge in [-0.1, -0.05) is 55.5 Å². The molecule has 7 nitrogen and oxygen atoms in total. The third-order valence-electron chi connectivity index (χ3n) is 4.92. The molecule has 0 saturated carbocycles. The maximum absolute atomic E-state index is 13.3. The van der Waals surface area contributed by atoms with E-state index in [0.717, 1.165) is 22.5 Å². The highest BCUT2D eigenvalue weighted by molar-refractivity contribution is 7.92. The molecular formula is C23H31N3O4S. The highest BCUT2D eigenvalue weighted by Gasteiger charge is 2.29. The predicted molar refractivity (Wildman–Crippen MR) is 123 cm³/mol. The molecule has 0 aromatic heterocycles. The normalized spacial score (nSPS) is 12.1. The van der Waals surface area contributed by atoms with Gasteiger partial charge in [0.2, 0.25) is 21.8 Å². The van der Waals surface area contributed by atoms with Gasteiger partial charge < -0.3 is 10.2 Å². The van der Waals surface area contributed by atoms with Crippen LogP contribution in [-0.2, 0) is 26.0 Å². The summed E-state index contributed by atoms with van der Waals surface area (Å²) >= 11 is 0. The van der Waals surface area contributed by atoms with Crippen molar-refractivity contribution in [3.05, 3.63) is 66.2 Å². The lowest BCUT2D eigenvalue weighted by Gasteiger charge is -2.31. The smallest absolute Gasteiger partial charge is 0.244 e. The zero-order chi connectivity index (χ0) is 22.9. The van der Waals surface area contributed by atoms with Gasteiger partial charge >= 0.3 is 0 Å². The van der Waals surface area contributed by atoms with E-state index in [-0.39, 0.29) is 12.5 Å². The second kappa shape index (κ2) is 11.5. The van der Waals surface area contributed by atoms with Crippen molar-refractivity contribution in [2.24, 2.45) is 0 Å². The third kappa shape index (κ3) is 7.40. The lowest BCUT2D eigenvalue weighted by molar-refractivity contribution is -0.138. The van der Waals surface area contributed by atoms with Crippen LogP contribution in [-0.4, -0.2) is 57.1 Å². The van der Waals surface area contributed by atoms with Gasteiger partial charge in [0.25, 0.3) is 0 Å². The molecule has 31 heavy (non-hydrogen) atoms. The second-order valence-electron chi connectivity index (χ2n) is 7.39. The first-order chi connectivity index (χ1) is 14.7. The minimum absolute atomic E-state index is 0.256. The molecule has 8 heteroatoms. The number of hydrogen-bond acceptors (Lipinski definition) is 4. The molecular weight excluding hydrogens is 414 g/mol. The van der Waals surface area contributed by atoms with Crippen LogP contribution in [0.1, 0.15) is 25.8 Å². The summed E-state index contributed by atoms with van der Waals surface area (Å²) in [7, 11) is -3.69. The van der Waals surface area contributed by atoms with Crippen LogP contribution < -0.4 is 9.62 Å². The molecule has 0 heterocycles. The molecule has 0 radical (unpaired) electrons. The number of benzene rings is 2. The summed E-state index contributed by atoms with van der Waals surface area (Å²) in [6, 6.07) is 17.4. The Kier molecular flexibility index (Phi) is 9.05. The molecule has 2 rings (SSSR count). The average Bonchev–Trinajstić information content (AvgIpc) is 2.76. The Labute approximate surface area is 185 Å². The SMILES string of the molecule is CCCNC(=O)[C@@H](C)N(CCc1ccccc1)C(=O)CN(c1ccccc1)S(C)(=O)=O. The van der Waals surface area contributed by atoms with Gasteiger partial charge in [-0.25, -0.2) is 8.42 Å². The number of rotatable bonds is 11. The number of para-hydroxylation sites is 1. The van der Waals surface area contributed by atoms with Crippen molar-refractivity contribution < 1.29 is 18.0 Å². The highest BCUT2D eigenvalue weighted by atomic mass is 32.2. The molecule has 0 unspecified atom stereocenters. The quantitative estimate of drug-likeness (QED) is 0.576. The minimum Gasteiger partial charge on any atom is -0.354 e. The van der Waals surface area contributed by atoms with Crippen LogP contribution in [0.3, 0.4) is 0 Å². The van der Waals surface area contributed by atoms with Crippen LogP contribution in [0.2, 0.25) is 0 Å². The molecule has 1 N–H and O–H groups in total. The Balaban J connectivity index is 2.25. The largest absolute Gasteiger partial charge is 0.354 e. The van der Waals surface area contributed by atoms with Crippen molar-refractivity contribution in [3.8, 4) is 0 Å². The first-order valence-electron chi connectivity index (χ1n) is 10.4. The number of nitrogens with one attached hydrogen (secondary N) is 1. The standard InChI is InChI=1S/C23H31N3O4S/c1-4-16-24-23(28)19(2)25(17-15-20-11-7-5-8-12-20)22(27)18-26(31(3,29)30)21-13-9-6-10-14-21/h5-14,19H,4,15-18H2,1-3H3,(H,24,28)/t19-/m1/s1. The fourth-order valence-electron chi connectivity index (χ4n) is 3.17. The van der Waals surface area contributed by atoms with Crippen molar-refractivity contribution in [2.75, 3.05) is 30.2 Å². The van der Waals surface area contributed by atoms with Crippen LogP contribution in [0.15, 0.2) is 60.7 Å². The van der Waals surface area contributed by atoms with Crippen molar-refractivity contribution in [3.63, 3.8) is 0 Å². The maximum atomic E-state index is 13.3. The van der Waals surface area contributed by atoms with E-state index >= 15 is 0 Å². The van der Waals surface area contributed by atoms with E-state index in [4.69, 9.17) is 0 Å². The van der Waals surface area contributed by atoms with Gasteiger partial charge in [0.05, 0.1) is 11.9 Å². The Morgan fingerprint density at radius 1 is 1.00 bits per heavy atom. The highest BCUT2D eigenvalue weighted by Crippen LogP contribution is 2.17. The van der Waals surface area contributed by atoms with Crippen LogP contribution in [0.25, 0.3) is 0 Å². The molecule has 2 aromatic rings. The van der Waals surface area contributed by atoms with Gasteiger partial charge in [-0.05, 0) is 37.5 Å². The summed E-state index contributed by atoms with van der Waals surface area (Å²) in [5, 5.41) is 2.82. The summed E-state index contributed by atoms with van der Waals surface area (Å²) in [6.45, 7) is 4.07. The lowest BCUT2D eigenvalue weighted by Crippen LogP contribution is -2.52. The summed E-state index contributed by atoms with van der Waals surface area (Å²) in [5.74, 6) is -0.682. The Morgan fingerprint density at radius 3 is 2.13 bits per heavy atom. The average molecular weight is 446 g/mol. The summed E-state index contributed by atoms with van der Waals surface area (Å²) in [4.78, 5) is 27.3. The zero-order valence-corrected chi connectivity index (χ0v) is 19.1. The number of carbonyl (C=O) groups is 2. The number of carbonyl (C=O) groups excluding carboxylic acids is 2. The van der Waals surface area contributed by atoms with E-state index in [1.54, 1.807) is 37.3 Å². The van der Waals surface area contributed by atoms with Gasteiger partial charge in [0, 0.05) is 13.1 Å². The zero-order valence-electron chi connectivity index (χ0n) is 18.3. The van der Waals surface area contributed by atoms with E-state index in [0.29, 0.717) is 25.2 Å². The van der Waals surface area contributed by atoms with Gasteiger partial charge in [-0.15, -0.1) is 0 Å². The van der Waals surface area contributed by atoms with Gasteiger partial charge in [-0.3, -0.25) is 13.9 Å². The van der Waals surface area contributed by atoms with Crippen molar-refractivity contribution in [1.82, 2.24) is 10.2 Å². The fraction of sp³-hybridized carbons (Fsp3) is 0.391. The van der Waals surface area contributed by atoms with Gasteiger partial charge in [-0.2, -0.15) is 0 Å². The van der Waals surface area contributed by atoms with E-state index in [1.165, 1.54) is 4.90 Å². The van der Waals surface area contributed by atoms with E-state index in [1.807, 2.05) is 37.3 Å². The van der Waals surface area contributed by atoms with Gasteiger partial charge in [0.15, 0.2) is 0 Å². The first kappa shape index (κ1) is 24.4. The van der Waals surface area contributed by atoms with E-state index < -0.39 is 22.0 Å². The van der Waals surface area contributed by atoms with Crippen molar-refractivity contribution >= 4 is 27.5 Å². The Bertz CT molecular complexity index is 949.